The van der Waals surface area contributed by atoms with Crippen LogP contribution < -0.4 is 11.1 Å². The third-order valence-electron chi connectivity index (χ3n) is 2.07. The summed E-state index contributed by atoms with van der Waals surface area (Å²) in [4.78, 5) is 11.3. The topological polar surface area (TPSA) is 64.3 Å². The Balaban J connectivity index is 3.24. The maximum atomic E-state index is 11.3. The summed E-state index contributed by atoms with van der Waals surface area (Å²) in [6.07, 6.45) is 2.44. The highest BCUT2D eigenvalue weighted by atomic mass is 16.5. The van der Waals surface area contributed by atoms with Gasteiger partial charge in [0.25, 0.3) is 0 Å². The van der Waals surface area contributed by atoms with Gasteiger partial charge in [-0.3, -0.25) is 4.79 Å². The van der Waals surface area contributed by atoms with Crippen LogP contribution in [-0.2, 0) is 9.53 Å². The summed E-state index contributed by atoms with van der Waals surface area (Å²) < 4.78 is 5.30. The van der Waals surface area contributed by atoms with E-state index < -0.39 is 0 Å². The molecule has 15 heavy (non-hydrogen) atoms. The van der Waals surface area contributed by atoms with Crippen molar-refractivity contribution in [2.45, 2.75) is 33.1 Å². The SMILES string of the molecule is CCCOCCCNC(=O)CC(C)CN. The minimum Gasteiger partial charge on any atom is -0.381 e. The molecule has 4 nitrogen and oxygen atoms in total. The average molecular weight is 216 g/mol. The molecule has 4 heteroatoms. The van der Waals surface area contributed by atoms with Gasteiger partial charge in [-0.25, -0.2) is 0 Å². The number of rotatable bonds is 9. The van der Waals surface area contributed by atoms with Crippen molar-refractivity contribution in [1.29, 1.82) is 0 Å². The highest BCUT2D eigenvalue weighted by Gasteiger charge is 2.05. The minimum absolute atomic E-state index is 0.0865. The van der Waals surface area contributed by atoms with Crippen LogP contribution in [0, 0.1) is 5.92 Å². The lowest BCUT2D eigenvalue weighted by Gasteiger charge is -2.09. The first-order valence-corrected chi connectivity index (χ1v) is 5.75. The van der Waals surface area contributed by atoms with Crippen LogP contribution in [0.25, 0.3) is 0 Å². The molecule has 0 aromatic heterocycles. The zero-order chi connectivity index (χ0) is 11.5. The molecule has 0 aromatic rings. The van der Waals surface area contributed by atoms with Gasteiger partial charge in [0.15, 0.2) is 0 Å². The Bertz CT molecular complexity index is 163. The smallest absolute Gasteiger partial charge is 0.220 e. The summed E-state index contributed by atoms with van der Waals surface area (Å²) in [7, 11) is 0. The molecule has 0 radical (unpaired) electrons. The van der Waals surface area contributed by atoms with Gasteiger partial charge in [0, 0.05) is 26.2 Å². The molecule has 1 atom stereocenters. The Hall–Kier alpha value is -0.610. The van der Waals surface area contributed by atoms with Crippen molar-refractivity contribution >= 4 is 5.91 Å². The number of ether oxygens (including phenoxy) is 1. The van der Waals surface area contributed by atoms with E-state index in [2.05, 4.69) is 12.2 Å². The first kappa shape index (κ1) is 14.4. The van der Waals surface area contributed by atoms with Gasteiger partial charge < -0.3 is 15.8 Å². The number of nitrogens with one attached hydrogen (secondary N) is 1. The number of carbonyl (C=O) groups excluding carboxylic acids is 1. The molecule has 1 unspecified atom stereocenters. The summed E-state index contributed by atoms with van der Waals surface area (Å²) in [5.74, 6) is 0.352. The van der Waals surface area contributed by atoms with E-state index in [0.717, 1.165) is 26.1 Å². The van der Waals surface area contributed by atoms with Gasteiger partial charge in [-0.1, -0.05) is 13.8 Å². The van der Waals surface area contributed by atoms with Gasteiger partial charge >= 0.3 is 0 Å². The molecule has 0 aliphatic carbocycles. The standard InChI is InChI=1S/C11H24N2O2/c1-3-6-15-7-4-5-13-11(14)8-10(2)9-12/h10H,3-9,12H2,1-2H3,(H,13,14). The van der Waals surface area contributed by atoms with Crippen molar-refractivity contribution < 1.29 is 9.53 Å². The van der Waals surface area contributed by atoms with Crippen LogP contribution in [0.1, 0.15) is 33.1 Å². The molecule has 0 heterocycles. The van der Waals surface area contributed by atoms with E-state index in [1.54, 1.807) is 0 Å². The van der Waals surface area contributed by atoms with Crippen molar-refractivity contribution in [3.63, 3.8) is 0 Å². The summed E-state index contributed by atoms with van der Waals surface area (Å²) >= 11 is 0. The molecule has 0 bridgehead atoms. The lowest BCUT2D eigenvalue weighted by Crippen LogP contribution is -2.28. The summed E-state index contributed by atoms with van der Waals surface area (Å²) in [5, 5.41) is 2.85. The number of amides is 1. The number of hydrogen-bond acceptors (Lipinski definition) is 3. The highest BCUT2D eigenvalue weighted by Crippen LogP contribution is 1.97. The second kappa shape index (κ2) is 9.93. The van der Waals surface area contributed by atoms with Gasteiger partial charge in [-0.05, 0) is 25.3 Å². The van der Waals surface area contributed by atoms with Crippen LogP contribution in [0.5, 0.6) is 0 Å². The fourth-order valence-electron chi connectivity index (χ4n) is 1.12. The third kappa shape index (κ3) is 9.69. The Morgan fingerprint density at radius 3 is 2.80 bits per heavy atom. The Morgan fingerprint density at radius 1 is 1.47 bits per heavy atom. The van der Waals surface area contributed by atoms with Crippen LogP contribution in [0.3, 0.4) is 0 Å². The fourth-order valence-corrected chi connectivity index (χ4v) is 1.12. The predicted molar refractivity (Wildman–Crippen MR) is 61.6 cm³/mol. The monoisotopic (exact) mass is 216 g/mol. The van der Waals surface area contributed by atoms with Gasteiger partial charge in [0.1, 0.15) is 0 Å². The molecule has 0 saturated carbocycles. The predicted octanol–water partition coefficient (Wildman–Crippen LogP) is 0.904. The van der Waals surface area contributed by atoms with E-state index in [-0.39, 0.29) is 11.8 Å². The lowest BCUT2D eigenvalue weighted by atomic mass is 10.1. The summed E-state index contributed by atoms with van der Waals surface area (Å²) in [6, 6.07) is 0. The molecule has 3 N–H and O–H groups in total. The quantitative estimate of drug-likeness (QED) is 0.563. The van der Waals surface area contributed by atoms with Crippen molar-refractivity contribution in [2.24, 2.45) is 11.7 Å². The van der Waals surface area contributed by atoms with Gasteiger partial charge in [0.2, 0.25) is 5.91 Å². The molecule has 1 amide bonds. The maximum Gasteiger partial charge on any atom is 0.220 e. The first-order chi connectivity index (χ1) is 7.20. The van der Waals surface area contributed by atoms with Crippen molar-refractivity contribution in [1.82, 2.24) is 5.32 Å². The molecule has 0 aliphatic rings. The van der Waals surface area contributed by atoms with Crippen molar-refractivity contribution in [2.75, 3.05) is 26.3 Å². The highest BCUT2D eigenvalue weighted by molar-refractivity contribution is 5.76. The second-order valence-corrected chi connectivity index (χ2v) is 3.86. The van der Waals surface area contributed by atoms with E-state index in [9.17, 15) is 4.79 Å². The Kier molecular flexibility index (Phi) is 9.52. The number of carbonyl (C=O) groups is 1. The minimum atomic E-state index is 0.0865. The normalized spacial score (nSPS) is 12.5. The summed E-state index contributed by atoms with van der Waals surface area (Å²) in [5.41, 5.74) is 5.43. The van der Waals surface area contributed by atoms with Crippen molar-refractivity contribution in [3.8, 4) is 0 Å². The van der Waals surface area contributed by atoms with Crippen LogP contribution in [0.4, 0.5) is 0 Å². The van der Waals surface area contributed by atoms with Crippen LogP contribution in [0.2, 0.25) is 0 Å². The molecule has 0 rings (SSSR count). The molecule has 90 valence electrons. The van der Waals surface area contributed by atoms with E-state index in [1.165, 1.54) is 0 Å². The van der Waals surface area contributed by atoms with E-state index in [4.69, 9.17) is 10.5 Å². The van der Waals surface area contributed by atoms with Crippen LogP contribution >= 0.6 is 0 Å². The van der Waals surface area contributed by atoms with Crippen molar-refractivity contribution in [3.05, 3.63) is 0 Å². The second-order valence-electron chi connectivity index (χ2n) is 3.86. The van der Waals surface area contributed by atoms with E-state index >= 15 is 0 Å². The van der Waals surface area contributed by atoms with E-state index in [0.29, 0.717) is 19.5 Å². The summed E-state index contributed by atoms with van der Waals surface area (Å²) in [6.45, 7) is 6.84. The van der Waals surface area contributed by atoms with Crippen LogP contribution in [0.15, 0.2) is 0 Å². The Morgan fingerprint density at radius 2 is 2.20 bits per heavy atom. The van der Waals surface area contributed by atoms with E-state index in [1.807, 2.05) is 6.92 Å². The van der Waals surface area contributed by atoms with Gasteiger partial charge in [-0.2, -0.15) is 0 Å². The Labute approximate surface area is 92.6 Å². The number of nitrogens with two attached hydrogens (primary N) is 1. The van der Waals surface area contributed by atoms with Gasteiger partial charge in [0.05, 0.1) is 0 Å². The zero-order valence-electron chi connectivity index (χ0n) is 9.92. The molecule has 0 fully saturated rings. The molecular formula is C11H24N2O2. The number of hydrogen-bond donors (Lipinski definition) is 2. The molecule has 0 aromatic carbocycles. The largest absolute Gasteiger partial charge is 0.381 e. The molecule has 0 saturated heterocycles. The fraction of sp³-hybridized carbons (Fsp3) is 0.909. The molecule has 0 spiro atoms. The zero-order valence-corrected chi connectivity index (χ0v) is 9.92. The lowest BCUT2D eigenvalue weighted by molar-refractivity contribution is -0.121. The molecule has 0 aliphatic heterocycles. The van der Waals surface area contributed by atoms with Crippen LogP contribution in [-0.4, -0.2) is 32.2 Å². The average Bonchev–Trinajstić information content (AvgIpc) is 2.23. The molecular weight excluding hydrogens is 192 g/mol. The maximum absolute atomic E-state index is 11.3. The van der Waals surface area contributed by atoms with Gasteiger partial charge in [-0.15, -0.1) is 0 Å². The first-order valence-electron chi connectivity index (χ1n) is 5.75. The third-order valence-corrected chi connectivity index (χ3v) is 2.07.